The van der Waals surface area contributed by atoms with Crippen LogP contribution in [0.5, 0.6) is 0 Å². The number of anilines is 2. The number of pyridine rings is 1. The van der Waals surface area contributed by atoms with Crippen molar-refractivity contribution in [2.24, 2.45) is 0 Å². The standard InChI is InChI=1S/C21H20ClN3O/c1-2-15-7-4-6-10-19(15)25-21(26)20-13-17(11-12-23-20)24-14-16-8-3-5-9-18(16)22/h3-13H,2,14H2,1H3,(H,23,24)(H,25,26). The molecule has 0 atom stereocenters. The van der Waals surface area contributed by atoms with E-state index in [-0.39, 0.29) is 5.91 Å². The third kappa shape index (κ3) is 4.41. The Morgan fingerprint density at radius 2 is 1.77 bits per heavy atom. The van der Waals surface area contributed by atoms with E-state index < -0.39 is 0 Å². The number of rotatable bonds is 6. The maximum Gasteiger partial charge on any atom is 0.274 e. The highest BCUT2D eigenvalue weighted by Crippen LogP contribution is 2.19. The van der Waals surface area contributed by atoms with Crippen molar-refractivity contribution in [3.63, 3.8) is 0 Å². The molecule has 0 saturated carbocycles. The van der Waals surface area contributed by atoms with E-state index in [4.69, 9.17) is 11.6 Å². The summed E-state index contributed by atoms with van der Waals surface area (Å²) in [5, 5.41) is 6.93. The van der Waals surface area contributed by atoms with Crippen molar-refractivity contribution in [1.82, 2.24) is 4.98 Å². The molecule has 3 rings (SSSR count). The zero-order chi connectivity index (χ0) is 18.4. The number of hydrogen-bond donors (Lipinski definition) is 2. The number of nitrogens with zero attached hydrogens (tertiary/aromatic N) is 1. The van der Waals surface area contributed by atoms with E-state index in [1.54, 1.807) is 12.3 Å². The lowest BCUT2D eigenvalue weighted by molar-refractivity contribution is 0.102. The highest BCUT2D eigenvalue weighted by Gasteiger charge is 2.10. The van der Waals surface area contributed by atoms with Crippen LogP contribution < -0.4 is 10.6 Å². The molecular formula is C21H20ClN3O. The molecule has 1 heterocycles. The molecule has 0 unspecified atom stereocenters. The van der Waals surface area contributed by atoms with Gasteiger partial charge in [0.25, 0.3) is 5.91 Å². The van der Waals surface area contributed by atoms with Crippen molar-refractivity contribution < 1.29 is 4.79 Å². The smallest absolute Gasteiger partial charge is 0.274 e. The molecule has 5 heteroatoms. The number of nitrogens with one attached hydrogen (secondary N) is 2. The van der Waals surface area contributed by atoms with Crippen LogP contribution in [0.15, 0.2) is 66.9 Å². The first-order valence-electron chi connectivity index (χ1n) is 8.50. The summed E-state index contributed by atoms with van der Waals surface area (Å²) in [5.74, 6) is -0.229. The van der Waals surface area contributed by atoms with E-state index in [2.05, 4.69) is 22.5 Å². The molecular weight excluding hydrogens is 346 g/mol. The highest BCUT2D eigenvalue weighted by molar-refractivity contribution is 6.31. The van der Waals surface area contributed by atoms with Gasteiger partial charge >= 0.3 is 0 Å². The molecule has 26 heavy (non-hydrogen) atoms. The van der Waals surface area contributed by atoms with E-state index in [9.17, 15) is 4.79 Å². The minimum absolute atomic E-state index is 0.229. The van der Waals surface area contributed by atoms with Crippen molar-refractivity contribution in [3.8, 4) is 0 Å². The molecule has 0 aliphatic rings. The number of halogens is 1. The fourth-order valence-corrected chi connectivity index (χ4v) is 2.84. The Kier molecular flexibility index (Phi) is 5.87. The lowest BCUT2D eigenvalue weighted by Crippen LogP contribution is -2.15. The van der Waals surface area contributed by atoms with Gasteiger partial charge in [0.05, 0.1) is 0 Å². The van der Waals surface area contributed by atoms with E-state index in [0.717, 1.165) is 28.9 Å². The first-order valence-corrected chi connectivity index (χ1v) is 8.87. The summed E-state index contributed by atoms with van der Waals surface area (Å²) < 4.78 is 0. The molecule has 132 valence electrons. The Morgan fingerprint density at radius 1 is 1.04 bits per heavy atom. The van der Waals surface area contributed by atoms with Gasteiger partial charge in [-0.25, -0.2) is 0 Å². The Bertz CT molecular complexity index is 911. The molecule has 1 aromatic heterocycles. The van der Waals surface area contributed by atoms with E-state index in [1.165, 1.54) is 0 Å². The topological polar surface area (TPSA) is 54.0 Å². The highest BCUT2D eigenvalue weighted by atomic mass is 35.5. The van der Waals surface area contributed by atoms with Crippen molar-refractivity contribution >= 4 is 28.9 Å². The van der Waals surface area contributed by atoms with Crippen molar-refractivity contribution in [1.29, 1.82) is 0 Å². The van der Waals surface area contributed by atoms with E-state index in [1.807, 2.05) is 54.6 Å². The summed E-state index contributed by atoms with van der Waals surface area (Å²) in [6, 6.07) is 19.0. The van der Waals surface area contributed by atoms with Gasteiger partial charge in [0, 0.05) is 29.1 Å². The first-order chi connectivity index (χ1) is 12.7. The number of carbonyl (C=O) groups excluding carboxylic acids is 1. The Labute approximate surface area is 158 Å². The maximum atomic E-state index is 12.5. The monoisotopic (exact) mass is 365 g/mol. The third-order valence-corrected chi connectivity index (χ3v) is 4.45. The SMILES string of the molecule is CCc1ccccc1NC(=O)c1cc(NCc2ccccc2Cl)ccn1. The van der Waals surface area contributed by atoms with Gasteiger partial charge in [-0.05, 0) is 41.8 Å². The van der Waals surface area contributed by atoms with Gasteiger partial charge in [-0.15, -0.1) is 0 Å². The van der Waals surface area contributed by atoms with E-state index in [0.29, 0.717) is 17.3 Å². The molecule has 2 aromatic carbocycles. The van der Waals surface area contributed by atoms with Crippen molar-refractivity contribution in [3.05, 3.63) is 88.7 Å². The van der Waals surface area contributed by atoms with Crippen LogP contribution in [-0.2, 0) is 13.0 Å². The number of para-hydroxylation sites is 1. The van der Waals surface area contributed by atoms with Gasteiger partial charge < -0.3 is 10.6 Å². The van der Waals surface area contributed by atoms with Gasteiger partial charge in [-0.1, -0.05) is 54.9 Å². The Morgan fingerprint density at radius 3 is 2.54 bits per heavy atom. The van der Waals surface area contributed by atoms with Crippen LogP contribution in [0.4, 0.5) is 11.4 Å². The average molecular weight is 366 g/mol. The zero-order valence-electron chi connectivity index (χ0n) is 14.5. The summed E-state index contributed by atoms with van der Waals surface area (Å²) in [7, 11) is 0. The van der Waals surface area contributed by atoms with Gasteiger partial charge in [-0.2, -0.15) is 0 Å². The van der Waals surface area contributed by atoms with Crippen LogP contribution in [0.25, 0.3) is 0 Å². The number of hydrogen-bond acceptors (Lipinski definition) is 3. The number of carbonyl (C=O) groups is 1. The maximum absolute atomic E-state index is 12.5. The predicted molar refractivity (Wildman–Crippen MR) is 107 cm³/mol. The summed E-state index contributed by atoms with van der Waals surface area (Å²) in [6.45, 7) is 2.63. The second-order valence-corrected chi connectivity index (χ2v) is 6.25. The minimum atomic E-state index is -0.229. The Hall–Kier alpha value is -2.85. The number of aryl methyl sites for hydroxylation is 1. The molecule has 0 radical (unpaired) electrons. The molecule has 3 aromatic rings. The van der Waals surface area contributed by atoms with Crippen LogP contribution in [-0.4, -0.2) is 10.9 Å². The molecule has 0 bridgehead atoms. The molecule has 4 nitrogen and oxygen atoms in total. The van der Waals surface area contributed by atoms with Crippen LogP contribution in [0, 0.1) is 0 Å². The number of aromatic nitrogens is 1. The molecule has 0 saturated heterocycles. The predicted octanol–water partition coefficient (Wildman–Crippen LogP) is 5.16. The average Bonchev–Trinajstić information content (AvgIpc) is 2.68. The van der Waals surface area contributed by atoms with Crippen LogP contribution in [0.1, 0.15) is 28.5 Å². The number of benzene rings is 2. The third-order valence-electron chi connectivity index (χ3n) is 4.08. The van der Waals surface area contributed by atoms with E-state index >= 15 is 0 Å². The van der Waals surface area contributed by atoms with Crippen LogP contribution >= 0.6 is 11.6 Å². The second-order valence-electron chi connectivity index (χ2n) is 5.84. The summed E-state index contributed by atoms with van der Waals surface area (Å²) in [6.07, 6.45) is 2.47. The second kappa shape index (κ2) is 8.50. The Balaban J connectivity index is 1.70. The lowest BCUT2D eigenvalue weighted by atomic mass is 10.1. The fraction of sp³-hybridized carbons (Fsp3) is 0.143. The zero-order valence-corrected chi connectivity index (χ0v) is 15.3. The first kappa shape index (κ1) is 18.0. The largest absolute Gasteiger partial charge is 0.381 e. The van der Waals surface area contributed by atoms with Crippen LogP contribution in [0.3, 0.4) is 0 Å². The van der Waals surface area contributed by atoms with Gasteiger partial charge in [0.15, 0.2) is 0 Å². The van der Waals surface area contributed by atoms with Crippen molar-refractivity contribution in [2.75, 3.05) is 10.6 Å². The molecule has 0 fully saturated rings. The lowest BCUT2D eigenvalue weighted by Gasteiger charge is -2.11. The summed E-state index contributed by atoms with van der Waals surface area (Å²) in [5.41, 5.74) is 4.08. The molecule has 0 spiro atoms. The quantitative estimate of drug-likeness (QED) is 0.634. The molecule has 2 N–H and O–H groups in total. The van der Waals surface area contributed by atoms with Crippen LogP contribution in [0.2, 0.25) is 5.02 Å². The molecule has 0 aliphatic carbocycles. The summed E-state index contributed by atoms with van der Waals surface area (Å²) in [4.78, 5) is 16.7. The normalized spacial score (nSPS) is 10.4. The fourth-order valence-electron chi connectivity index (χ4n) is 2.64. The van der Waals surface area contributed by atoms with Gasteiger partial charge in [-0.3, -0.25) is 9.78 Å². The van der Waals surface area contributed by atoms with Crippen molar-refractivity contribution in [2.45, 2.75) is 19.9 Å². The molecule has 1 amide bonds. The minimum Gasteiger partial charge on any atom is -0.381 e. The number of amides is 1. The molecule has 0 aliphatic heterocycles. The summed E-state index contributed by atoms with van der Waals surface area (Å²) >= 11 is 6.17. The van der Waals surface area contributed by atoms with Gasteiger partial charge in [0.1, 0.15) is 5.69 Å². The van der Waals surface area contributed by atoms with Gasteiger partial charge in [0.2, 0.25) is 0 Å².